The maximum Gasteiger partial charge on any atom is 0.394 e. The van der Waals surface area contributed by atoms with Gasteiger partial charge in [0.1, 0.15) is 0 Å². The van der Waals surface area contributed by atoms with E-state index in [1.54, 1.807) is 0 Å². The van der Waals surface area contributed by atoms with Gasteiger partial charge in [0.05, 0.1) is 0 Å². The van der Waals surface area contributed by atoms with Gasteiger partial charge in [-0.1, -0.05) is 64.7 Å². The van der Waals surface area contributed by atoms with Crippen molar-refractivity contribution in [2.24, 2.45) is 5.84 Å². The highest BCUT2D eigenvalue weighted by molar-refractivity contribution is 7.79. The molecule has 0 aliphatic rings. The predicted octanol–water partition coefficient (Wildman–Crippen LogP) is 2.72. The summed E-state index contributed by atoms with van der Waals surface area (Å²) in [7, 11) is -4.67. The van der Waals surface area contributed by atoms with Crippen molar-refractivity contribution in [2.75, 3.05) is 6.54 Å². The molecular weight excluding hydrogens is 268 g/mol. The number of hydrogen-bond donors (Lipinski definition) is 4. The van der Waals surface area contributed by atoms with Crippen LogP contribution in [0, 0.1) is 0 Å². The van der Waals surface area contributed by atoms with Crippen molar-refractivity contribution < 1.29 is 17.5 Å². The summed E-state index contributed by atoms with van der Waals surface area (Å²) in [5.41, 5.74) is 2.69. The second-order valence-corrected chi connectivity index (χ2v) is 5.48. The third-order valence-electron chi connectivity index (χ3n) is 2.67. The summed E-state index contributed by atoms with van der Waals surface area (Å²) in [4.78, 5) is 0. The van der Waals surface area contributed by atoms with Crippen LogP contribution in [-0.4, -0.2) is 24.1 Å². The van der Waals surface area contributed by atoms with Crippen LogP contribution in [0.25, 0.3) is 0 Å². The van der Waals surface area contributed by atoms with Gasteiger partial charge in [-0.3, -0.25) is 20.4 Å². The van der Waals surface area contributed by atoms with E-state index in [2.05, 4.69) is 12.3 Å². The van der Waals surface area contributed by atoms with Crippen molar-refractivity contribution >= 4 is 10.4 Å². The fraction of sp³-hybridized carbons (Fsp3) is 1.00. The fourth-order valence-electron chi connectivity index (χ4n) is 1.71. The molecule has 5 N–H and O–H groups in total. The average Bonchev–Trinajstić information content (AvgIpc) is 2.29. The maximum absolute atomic E-state index is 8.74. The van der Waals surface area contributed by atoms with Gasteiger partial charge in [-0.2, -0.15) is 8.42 Å². The van der Waals surface area contributed by atoms with Gasteiger partial charge >= 0.3 is 10.4 Å². The van der Waals surface area contributed by atoms with E-state index < -0.39 is 10.4 Å². The van der Waals surface area contributed by atoms with Crippen molar-refractivity contribution in [1.82, 2.24) is 5.43 Å². The van der Waals surface area contributed by atoms with Crippen molar-refractivity contribution in [3.05, 3.63) is 0 Å². The van der Waals surface area contributed by atoms with Crippen molar-refractivity contribution in [2.45, 2.75) is 71.1 Å². The molecule has 19 heavy (non-hydrogen) atoms. The van der Waals surface area contributed by atoms with E-state index in [-0.39, 0.29) is 0 Å². The minimum atomic E-state index is -4.67. The first-order valence-corrected chi connectivity index (χ1v) is 8.44. The molecule has 0 rings (SSSR count). The zero-order valence-corrected chi connectivity index (χ0v) is 12.8. The van der Waals surface area contributed by atoms with Gasteiger partial charge in [0, 0.05) is 6.54 Å². The normalized spacial score (nSPS) is 10.9. The second kappa shape index (κ2) is 15.8. The van der Waals surface area contributed by atoms with E-state index in [1.165, 1.54) is 64.2 Å². The van der Waals surface area contributed by atoms with Crippen molar-refractivity contribution in [3.8, 4) is 0 Å². The molecule has 0 aromatic carbocycles. The van der Waals surface area contributed by atoms with Gasteiger partial charge in [0.2, 0.25) is 0 Å². The van der Waals surface area contributed by atoms with E-state index in [0.29, 0.717) is 0 Å². The minimum absolute atomic E-state index is 0.969. The monoisotopic (exact) mass is 298 g/mol. The van der Waals surface area contributed by atoms with Gasteiger partial charge in [-0.25, -0.2) is 0 Å². The van der Waals surface area contributed by atoms with Gasteiger partial charge in [-0.05, 0) is 6.42 Å². The Bertz CT molecular complexity index is 238. The lowest BCUT2D eigenvalue weighted by molar-refractivity contribution is 0.381. The number of hydrogen-bond acceptors (Lipinski definition) is 4. The van der Waals surface area contributed by atoms with Crippen LogP contribution in [0.4, 0.5) is 0 Å². The lowest BCUT2D eigenvalue weighted by Gasteiger charge is -2.01. The Balaban J connectivity index is 0. The molecule has 0 heterocycles. The molecule has 0 aliphatic carbocycles. The van der Waals surface area contributed by atoms with E-state index in [0.717, 1.165) is 6.54 Å². The summed E-state index contributed by atoms with van der Waals surface area (Å²) >= 11 is 0. The summed E-state index contributed by atoms with van der Waals surface area (Å²) < 4.78 is 31.6. The average molecular weight is 298 g/mol. The molecule has 0 aromatic rings. The minimum Gasteiger partial charge on any atom is -0.271 e. The van der Waals surface area contributed by atoms with Crippen molar-refractivity contribution in [3.63, 3.8) is 0 Å². The number of nitrogens with two attached hydrogens (primary N) is 1. The Morgan fingerprint density at radius 3 is 1.47 bits per heavy atom. The van der Waals surface area contributed by atoms with Gasteiger partial charge in [-0.15, -0.1) is 0 Å². The van der Waals surface area contributed by atoms with Crippen LogP contribution in [0.3, 0.4) is 0 Å². The first kappa shape index (κ1) is 21.1. The van der Waals surface area contributed by atoms with Crippen LogP contribution in [0.5, 0.6) is 0 Å². The molecule has 0 saturated carbocycles. The van der Waals surface area contributed by atoms with Crippen LogP contribution in [-0.2, 0) is 10.4 Å². The Hall–Kier alpha value is -0.210. The molecule has 0 unspecified atom stereocenters. The highest BCUT2D eigenvalue weighted by Gasteiger charge is 1.91. The summed E-state index contributed by atoms with van der Waals surface area (Å²) in [5, 5.41) is 0. The molecule has 0 aliphatic heterocycles. The SMILES string of the molecule is CCCCCCCCCCCCNN.O=S(=O)(O)O. The van der Waals surface area contributed by atoms with E-state index in [4.69, 9.17) is 23.4 Å². The molecule has 0 spiro atoms. The highest BCUT2D eigenvalue weighted by atomic mass is 32.3. The van der Waals surface area contributed by atoms with E-state index >= 15 is 0 Å². The first-order valence-electron chi connectivity index (χ1n) is 7.05. The molecule has 0 bridgehead atoms. The molecule has 118 valence electrons. The lowest BCUT2D eigenvalue weighted by atomic mass is 10.1. The molecular formula is C12H30N2O4S. The Morgan fingerprint density at radius 2 is 1.16 bits per heavy atom. The summed E-state index contributed by atoms with van der Waals surface area (Å²) in [5.74, 6) is 5.19. The predicted molar refractivity (Wildman–Crippen MR) is 78.2 cm³/mol. The second-order valence-electron chi connectivity index (χ2n) is 4.58. The molecule has 0 radical (unpaired) electrons. The van der Waals surface area contributed by atoms with Crippen LogP contribution in [0.1, 0.15) is 71.1 Å². The van der Waals surface area contributed by atoms with Gasteiger partial charge < -0.3 is 0 Å². The molecule has 7 heteroatoms. The van der Waals surface area contributed by atoms with Crippen molar-refractivity contribution in [1.29, 1.82) is 0 Å². The molecule has 0 saturated heterocycles. The standard InChI is InChI=1S/C12H28N2.H2O4S/c1-2-3-4-5-6-7-8-9-10-11-12-14-13;1-5(2,3)4/h14H,2-13H2,1H3;(H2,1,2,3,4). The third-order valence-corrected chi connectivity index (χ3v) is 2.67. The van der Waals surface area contributed by atoms with E-state index in [1.807, 2.05) is 0 Å². The highest BCUT2D eigenvalue weighted by Crippen LogP contribution is 2.09. The summed E-state index contributed by atoms with van der Waals surface area (Å²) in [6.07, 6.45) is 13.9. The van der Waals surface area contributed by atoms with Crippen LogP contribution in [0.15, 0.2) is 0 Å². The van der Waals surface area contributed by atoms with Gasteiger partial charge in [0.15, 0.2) is 0 Å². The molecule has 0 atom stereocenters. The zero-order valence-electron chi connectivity index (χ0n) is 12.0. The third kappa shape index (κ3) is 38.1. The Kier molecular flexibility index (Phi) is 17.6. The first-order chi connectivity index (χ1) is 8.91. The Morgan fingerprint density at radius 1 is 0.842 bits per heavy atom. The van der Waals surface area contributed by atoms with Gasteiger partial charge in [0.25, 0.3) is 0 Å². The summed E-state index contributed by atoms with van der Waals surface area (Å²) in [6.45, 7) is 3.24. The smallest absolute Gasteiger partial charge is 0.271 e. The fourth-order valence-corrected chi connectivity index (χ4v) is 1.71. The largest absolute Gasteiger partial charge is 0.394 e. The molecule has 0 fully saturated rings. The number of hydrazine groups is 1. The molecule has 0 amide bonds. The van der Waals surface area contributed by atoms with Crippen LogP contribution >= 0.6 is 0 Å². The zero-order chi connectivity index (χ0) is 15.0. The van der Waals surface area contributed by atoms with Crippen LogP contribution < -0.4 is 11.3 Å². The lowest BCUT2D eigenvalue weighted by Crippen LogP contribution is -2.22. The molecule has 0 aromatic heterocycles. The van der Waals surface area contributed by atoms with Crippen LogP contribution in [0.2, 0.25) is 0 Å². The Labute approximate surface area is 117 Å². The maximum atomic E-state index is 8.74. The number of nitrogens with one attached hydrogen (secondary N) is 1. The topological polar surface area (TPSA) is 113 Å². The van der Waals surface area contributed by atoms with E-state index in [9.17, 15) is 0 Å². The number of unbranched alkanes of at least 4 members (excludes halogenated alkanes) is 9. The quantitative estimate of drug-likeness (QED) is 0.202. The summed E-state index contributed by atoms with van der Waals surface area (Å²) in [6, 6.07) is 0. The molecule has 6 nitrogen and oxygen atoms in total. The number of rotatable bonds is 11.